The second kappa shape index (κ2) is 9.52. The second-order valence-corrected chi connectivity index (χ2v) is 10.6. The number of nitrogens with one attached hydrogen (secondary N) is 2. The van der Waals surface area contributed by atoms with Gasteiger partial charge in [0.15, 0.2) is 0 Å². The molecule has 0 amide bonds. The highest BCUT2D eigenvalue weighted by Gasteiger charge is 2.18. The number of benzene rings is 2. The van der Waals surface area contributed by atoms with Crippen molar-refractivity contribution < 1.29 is 13.3 Å². The minimum atomic E-state index is -3.90. The van der Waals surface area contributed by atoms with Crippen LogP contribution in [0.5, 0.6) is 0 Å². The molecule has 0 aliphatic carbocycles. The molecule has 2 aromatic carbocycles. The fraction of sp³-hybridized carbons (Fsp3) is 0.0833. The number of rotatable bonds is 7. The van der Waals surface area contributed by atoms with Crippen LogP contribution in [0.25, 0.3) is 21.3 Å². The van der Waals surface area contributed by atoms with Crippen LogP contribution in [0.15, 0.2) is 71.2 Å². The summed E-state index contributed by atoms with van der Waals surface area (Å²) in [5, 5.41) is 17.0. The lowest BCUT2D eigenvalue weighted by Gasteiger charge is -2.11. The van der Waals surface area contributed by atoms with Gasteiger partial charge in [0.2, 0.25) is 5.95 Å². The molecule has 0 radical (unpaired) electrons. The molecule has 13 heteroatoms. The molecule has 3 heterocycles. The lowest BCUT2D eigenvalue weighted by molar-refractivity contribution is -0.384. The number of sulfonamides is 1. The lowest BCUT2D eigenvalue weighted by Crippen LogP contribution is -2.15. The first-order chi connectivity index (χ1) is 17.7. The number of fused-ring (bicyclic) bond motifs is 1. The van der Waals surface area contributed by atoms with Crippen molar-refractivity contribution in [2.75, 3.05) is 10.0 Å². The maximum atomic E-state index is 12.8. The van der Waals surface area contributed by atoms with E-state index in [9.17, 15) is 18.5 Å². The molecule has 0 spiro atoms. The zero-order valence-electron chi connectivity index (χ0n) is 19.5. The molecular weight excluding hydrogens is 514 g/mol. The van der Waals surface area contributed by atoms with Gasteiger partial charge in [0, 0.05) is 40.2 Å². The fourth-order valence-electron chi connectivity index (χ4n) is 3.77. The Morgan fingerprint density at radius 3 is 2.41 bits per heavy atom. The van der Waals surface area contributed by atoms with E-state index in [-0.39, 0.29) is 16.5 Å². The van der Waals surface area contributed by atoms with E-state index in [2.05, 4.69) is 30.0 Å². The minimum absolute atomic E-state index is 0.00853. The summed E-state index contributed by atoms with van der Waals surface area (Å²) < 4.78 is 28.1. The average Bonchev–Trinajstić information content (AvgIpc) is 3.29. The fourth-order valence-corrected chi connectivity index (χ4v) is 5.63. The number of nitrogens with zero attached hydrogens (tertiary/aromatic N) is 5. The predicted octanol–water partition coefficient (Wildman–Crippen LogP) is 5.22. The van der Waals surface area contributed by atoms with E-state index >= 15 is 0 Å². The Labute approximate surface area is 215 Å². The number of thiophene rings is 1. The lowest BCUT2D eigenvalue weighted by atomic mass is 10.1. The smallest absolute Gasteiger partial charge is 0.270 e. The van der Waals surface area contributed by atoms with Crippen molar-refractivity contribution in [3.63, 3.8) is 0 Å². The van der Waals surface area contributed by atoms with Gasteiger partial charge in [0.1, 0.15) is 17.0 Å². The zero-order chi connectivity index (χ0) is 26.2. The van der Waals surface area contributed by atoms with Crippen LogP contribution in [0.1, 0.15) is 11.4 Å². The molecule has 0 aliphatic heterocycles. The molecule has 0 aliphatic rings. The van der Waals surface area contributed by atoms with Crippen LogP contribution >= 0.6 is 11.3 Å². The topological polar surface area (TPSA) is 153 Å². The van der Waals surface area contributed by atoms with Crippen LogP contribution in [0.4, 0.5) is 23.1 Å². The van der Waals surface area contributed by atoms with Crippen LogP contribution < -0.4 is 10.0 Å². The van der Waals surface area contributed by atoms with E-state index in [1.54, 1.807) is 44.2 Å². The third kappa shape index (κ3) is 5.08. The maximum absolute atomic E-state index is 12.8. The standard InChI is InChI=1S/C24H19N7O4S2/c1-14-10-15(2)28-24(27-14)30-37(34,35)19-8-6-17(7-9-19)29-22-21-20(12-36-23(21)26-13-25-22)16-4-3-5-18(11-16)31(32)33/h3-13H,1-2H3,(H,25,26,29)(H,27,28,30). The maximum Gasteiger partial charge on any atom is 0.270 e. The van der Waals surface area contributed by atoms with Crippen molar-refractivity contribution in [2.45, 2.75) is 18.7 Å². The quantitative estimate of drug-likeness (QED) is 0.212. The van der Waals surface area contributed by atoms with E-state index in [1.165, 1.54) is 41.9 Å². The summed E-state index contributed by atoms with van der Waals surface area (Å²) in [6.07, 6.45) is 1.42. The predicted molar refractivity (Wildman–Crippen MR) is 142 cm³/mol. The minimum Gasteiger partial charge on any atom is -0.340 e. The Hall–Kier alpha value is -4.49. The largest absolute Gasteiger partial charge is 0.340 e. The van der Waals surface area contributed by atoms with Crippen LogP contribution in [0, 0.1) is 24.0 Å². The molecule has 186 valence electrons. The van der Waals surface area contributed by atoms with Crippen LogP contribution in [0.3, 0.4) is 0 Å². The van der Waals surface area contributed by atoms with E-state index in [0.29, 0.717) is 38.7 Å². The number of nitro groups is 1. The van der Waals surface area contributed by atoms with Gasteiger partial charge in [-0.1, -0.05) is 12.1 Å². The monoisotopic (exact) mass is 533 g/mol. The number of anilines is 3. The van der Waals surface area contributed by atoms with Crippen molar-refractivity contribution in [2.24, 2.45) is 0 Å². The van der Waals surface area contributed by atoms with Crippen molar-refractivity contribution in [1.29, 1.82) is 0 Å². The highest BCUT2D eigenvalue weighted by atomic mass is 32.2. The van der Waals surface area contributed by atoms with Gasteiger partial charge in [-0.25, -0.2) is 33.1 Å². The number of nitro benzene ring substituents is 1. The summed E-state index contributed by atoms with van der Waals surface area (Å²) in [5.74, 6) is 0.499. The van der Waals surface area contributed by atoms with E-state index < -0.39 is 14.9 Å². The Morgan fingerprint density at radius 2 is 1.70 bits per heavy atom. The number of hydrogen-bond acceptors (Lipinski definition) is 10. The van der Waals surface area contributed by atoms with Crippen molar-refractivity contribution >= 4 is 54.7 Å². The Bertz CT molecular complexity index is 1730. The summed E-state index contributed by atoms with van der Waals surface area (Å²) in [6.45, 7) is 3.52. The van der Waals surface area contributed by atoms with E-state index in [0.717, 1.165) is 5.56 Å². The molecule has 5 rings (SSSR count). The van der Waals surface area contributed by atoms with Gasteiger partial charge in [-0.05, 0) is 49.7 Å². The number of aromatic nitrogens is 4. The molecule has 0 saturated heterocycles. The normalized spacial score (nSPS) is 11.4. The molecule has 0 atom stereocenters. The highest BCUT2D eigenvalue weighted by Crippen LogP contribution is 2.38. The summed E-state index contributed by atoms with van der Waals surface area (Å²) in [4.78, 5) is 28.5. The van der Waals surface area contributed by atoms with Crippen molar-refractivity contribution in [3.8, 4) is 11.1 Å². The molecule has 0 unspecified atom stereocenters. The number of hydrogen-bond donors (Lipinski definition) is 2. The Morgan fingerprint density at radius 1 is 0.973 bits per heavy atom. The van der Waals surface area contributed by atoms with E-state index in [1.807, 2.05) is 5.38 Å². The van der Waals surface area contributed by atoms with Gasteiger partial charge in [0.25, 0.3) is 15.7 Å². The molecule has 0 fully saturated rings. The molecular formula is C24H19N7O4S2. The van der Waals surface area contributed by atoms with E-state index in [4.69, 9.17) is 0 Å². The first-order valence-electron chi connectivity index (χ1n) is 10.9. The van der Waals surface area contributed by atoms with Crippen LogP contribution in [-0.4, -0.2) is 33.3 Å². The molecule has 5 aromatic rings. The highest BCUT2D eigenvalue weighted by molar-refractivity contribution is 7.92. The SMILES string of the molecule is Cc1cc(C)nc(NS(=O)(=O)c2ccc(Nc3ncnc4scc(-c5cccc([N+](=O)[O-])c5)c34)cc2)n1. The summed E-state index contributed by atoms with van der Waals surface area (Å²) in [7, 11) is -3.90. The van der Waals surface area contributed by atoms with Crippen molar-refractivity contribution in [1.82, 2.24) is 19.9 Å². The Kier molecular flexibility index (Phi) is 6.23. The zero-order valence-corrected chi connectivity index (χ0v) is 21.2. The summed E-state index contributed by atoms with van der Waals surface area (Å²) >= 11 is 1.40. The third-order valence-electron chi connectivity index (χ3n) is 5.37. The first kappa shape index (κ1) is 24.2. The van der Waals surface area contributed by atoms with Crippen LogP contribution in [0.2, 0.25) is 0 Å². The van der Waals surface area contributed by atoms with Gasteiger partial charge in [-0.3, -0.25) is 10.1 Å². The van der Waals surface area contributed by atoms with Gasteiger partial charge in [0.05, 0.1) is 15.2 Å². The van der Waals surface area contributed by atoms with Gasteiger partial charge >= 0.3 is 0 Å². The molecule has 0 saturated carbocycles. The van der Waals surface area contributed by atoms with Gasteiger partial charge in [-0.2, -0.15) is 0 Å². The van der Waals surface area contributed by atoms with Gasteiger partial charge < -0.3 is 5.32 Å². The molecule has 0 bridgehead atoms. The Balaban J connectivity index is 1.43. The third-order valence-corrected chi connectivity index (χ3v) is 7.60. The van der Waals surface area contributed by atoms with Crippen LogP contribution in [-0.2, 0) is 10.0 Å². The molecule has 3 aromatic heterocycles. The average molecular weight is 534 g/mol. The van der Waals surface area contributed by atoms with Crippen molar-refractivity contribution in [3.05, 3.63) is 87.8 Å². The molecule has 37 heavy (non-hydrogen) atoms. The molecule has 11 nitrogen and oxygen atoms in total. The first-order valence-corrected chi connectivity index (χ1v) is 13.2. The second-order valence-electron chi connectivity index (χ2n) is 8.09. The summed E-state index contributed by atoms with van der Waals surface area (Å²) in [6, 6.07) is 14.3. The van der Waals surface area contributed by atoms with Gasteiger partial charge in [-0.15, -0.1) is 11.3 Å². The summed E-state index contributed by atoms with van der Waals surface area (Å²) in [5.41, 5.74) is 3.30. The number of aryl methyl sites for hydroxylation is 2. The number of non-ortho nitro benzene ring substituents is 1. The molecule has 2 N–H and O–H groups in total.